The van der Waals surface area contributed by atoms with E-state index in [4.69, 9.17) is 9.47 Å². The number of ether oxygens (including phenoxy) is 2. The van der Waals surface area contributed by atoms with E-state index in [-0.39, 0.29) is 12.8 Å². The first-order valence-corrected chi connectivity index (χ1v) is 15.2. The van der Waals surface area contributed by atoms with Crippen molar-refractivity contribution in [3.63, 3.8) is 0 Å². The Morgan fingerprint density at radius 1 is 0.978 bits per heavy atom. The van der Waals surface area contributed by atoms with Gasteiger partial charge in [-0.1, -0.05) is 84.1 Å². The molecule has 0 aromatic heterocycles. The maximum absolute atomic E-state index is 13.1. The number of rotatable bonds is 12. The molecular formula is C33H38N2O9S. The lowest BCUT2D eigenvalue weighted by molar-refractivity contribution is -0.205. The quantitative estimate of drug-likeness (QED) is 0.159. The molecule has 1 aliphatic rings. The normalized spacial score (nSPS) is 22.6. The topological polar surface area (TPSA) is 175 Å². The second kappa shape index (κ2) is 15.5. The summed E-state index contributed by atoms with van der Waals surface area (Å²) in [7, 11) is 1.15. The Labute approximate surface area is 265 Å². The third-order valence-corrected chi connectivity index (χ3v) is 8.78. The minimum absolute atomic E-state index is 0.0182. The first kappa shape index (κ1) is 34.1. The Hall–Kier alpha value is -3.78. The Kier molecular flexibility index (Phi) is 11.7. The molecule has 45 heavy (non-hydrogen) atoms. The number of amides is 2. The highest BCUT2D eigenvalue weighted by Gasteiger charge is 2.56. The van der Waals surface area contributed by atoms with Crippen molar-refractivity contribution in [1.82, 2.24) is 10.6 Å². The lowest BCUT2D eigenvalue weighted by atomic mass is 9.89. The van der Waals surface area contributed by atoms with Crippen molar-refractivity contribution in [3.05, 3.63) is 90.0 Å². The monoisotopic (exact) mass is 638 g/mol. The number of carbonyl (C=O) groups is 3. The number of nitrogens with one attached hydrogen (secondary N) is 2. The molecule has 0 saturated carbocycles. The van der Waals surface area contributed by atoms with Gasteiger partial charge in [0.1, 0.15) is 18.8 Å². The molecule has 0 aliphatic carbocycles. The number of carbonyl (C=O) groups excluding carboxylic acids is 3. The summed E-state index contributed by atoms with van der Waals surface area (Å²) in [5.74, 6) is -2.13. The number of esters is 1. The molecule has 1 saturated heterocycles. The molecule has 3 aromatic rings. The number of benzene rings is 3. The summed E-state index contributed by atoms with van der Waals surface area (Å²) < 4.78 is 11.1. The molecule has 6 atom stereocenters. The van der Waals surface area contributed by atoms with Crippen molar-refractivity contribution < 1.29 is 44.3 Å². The van der Waals surface area contributed by atoms with Crippen molar-refractivity contribution in [2.24, 2.45) is 0 Å². The summed E-state index contributed by atoms with van der Waals surface area (Å²) >= 11 is 0.954. The highest BCUT2D eigenvalue weighted by molar-refractivity contribution is 8.01. The third kappa shape index (κ3) is 8.69. The van der Waals surface area contributed by atoms with E-state index in [1.54, 1.807) is 12.1 Å². The van der Waals surface area contributed by atoms with Gasteiger partial charge in [-0.05, 0) is 35.7 Å². The first-order chi connectivity index (χ1) is 21.5. The molecule has 1 fully saturated rings. The van der Waals surface area contributed by atoms with Crippen LogP contribution in [0.25, 0.3) is 11.1 Å². The number of hydrogen-bond donors (Lipinski definition) is 6. The SMILES string of the molecule is COC(=O)[C@]1(Sc2ccc(C)cc2)C[C@H](O)[C@@H](NC(=O)CO)[C@H]([C@H](O)[C@H](O)CNC(=O)Cc2ccc(-c3ccccc3)cc2)O1. The number of hydrogen-bond acceptors (Lipinski definition) is 10. The molecular weight excluding hydrogens is 600 g/mol. The minimum atomic E-state index is -1.86. The Morgan fingerprint density at radius 2 is 1.62 bits per heavy atom. The van der Waals surface area contributed by atoms with Crippen LogP contribution in [0.4, 0.5) is 0 Å². The average molecular weight is 639 g/mol. The summed E-state index contributed by atoms with van der Waals surface area (Å²) in [5.41, 5.74) is 3.76. The van der Waals surface area contributed by atoms with E-state index in [2.05, 4.69) is 10.6 Å². The van der Waals surface area contributed by atoms with Gasteiger partial charge in [-0.2, -0.15) is 0 Å². The summed E-state index contributed by atoms with van der Waals surface area (Å²) in [4.78, 5) is 36.7. The van der Waals surface area contributed by atoms with Crippen LogP contribution in [-0.2, 0) is 30.3 Å². The number of thioether (sulfide) groups is 1. The standard InChI is InChI=1S/C33H38N2O9S/c1-20-8-14-24(15-9-20)45-33(32(42)43-2)17-25(37)29(35-28(40)19-36)31(44-33)30(41)26(38)18-34-27(39)16-21-10-12-23(13-11-21)22-6-4-3-5-7-22/h3-15,25-26,29-31,36-38,41H,16-19H2,1-2H3,(H,34,39)(H,35,40)/t25-,26+,29+,30+,31+,33+/m0/s1. The Balaban J connectivity index is 1.47. The number of aryl methyl sites for hydroxylation is 1. The third-order valence-electron chi connectivity index (χ3n) is 7.51. The zero-order valence-corrected chi connectivity index (χ0v) is 25.8. The second-order valence-electron chi connectivity index (χ2n) is 10.9. The fourth-order valence-electron chi connectivity index (χ4n) is 5.10. The van der Waals surface area contributed by atoms with Crippen molar-refractivity contribution in [3.8, 4) is 11.1 Å². The molecule has 0 radical (unpaired) electrons. The molecule has 1 heterocycles. The van der Waals surface area contributed by atoms with Crippen molar-refractivity contribution in [2.75, 3.05) is 20.3 Å². The van der Waals surface area contributed by atoms with E-state index in [0.717, 1.165) is 41.1 Å². The number of aliphatic hydroxyl groups is 4. The molecule has 11 nitrogen and oxygen atoms in total. The molecule has 4 rings (SSSR count). The molecule has 1 aliphatic heterocycles. The zero-order valence-electron chi connectivity index (χ0n) is 25.0. The molecule has 0 spiro atoms. The predicted molar refractivity (Wildman–Crippen MR) is 167 cm³/mol. The maximum Gasteiger partial charge on any atom is 0.349 e. The minimum Gasteiger partial charge on any atom is -0.466 e. The zero-order chi connectivity index (χ0) is 32.6. The van der Waals surface area contributed by atoms with Crippen LogP contribution in [0.3, 0.4) is 0 Å². The first-order valence-electron chi connectivity index (χ1n) is 14.4. The van der Waals surface area contributed by atoms with E-state index >= 15 is 0 Å². The summed E-state index contributed by atoms with van der Waals surface area (Å²) in [6.45, 7) is 0.598. The van der Waals surface area contributed by atoms with Crippen molar-refractivity contribution in [2.45, 2.75) is 60.1 Å². The van der Waals surface area contributed by atoms with Gasteiger partial charge in [0.2, 0.25) is 16.7 Å². The van der Waals surface area contributed by atoms with E-state index in [1.807, 2.05) is 73.7 Å². The van der Waals surface area contributed by atoms with Crippen LogP contribution in [0.2, 0.25) is 0 Å². The van der Waals surface area contributed by atoms with Gasteiger partial charge in [0.15, 0.2) is 0 Å². The Morgan fingerprint density at radius 3 is 2.24 bits per heavy atom. The van der Waals surface area contributed by atoms with Crippen LogP contribution in [0.15, 0.2) is 83.8 Å². The van der Waals surface area contributed by atoms with E-state index in [0.29, 0.717) is 4.90 Å². The van der Waals surface area contributed by atoms with Crippen LogP contribution in [-0.4, -0.2) is 93.9 Å². The van der Waals surface area contributed by atoms with E-state index in [1.165, 1.54) is 0 Å². The van der Waals surface area contributed by atoms with Crippen LogP contribution in [0.1, 0.15) is 17.5 Å². The van der Waals surface area contributed by atoms with Gasteiger partial charge in [0.25, 0.3) is 0 Å². The van der Waals surface area contributed by atoms with Gasteiger partial charge >= 0.3 is 5.97 Å². The number of methoxy groups -OCH3 is 1. The van der Waals surface area contributed by atoms with Gasteiger partial charge in [-0.25, -0.2) is 4.79 Å². The van der Waals surface area contributed by atoms with Gasteiger partial charge < -0.3 is 40.5 Å². The van der Waals surface area contributed by atoms with E-state index in [9.17, 15) is 34.8 Å². The molecule has 3 aromatic carbocycles. The van der Waals surface area contributed by atoms with Gasteiger partial charge in [-0.3, -0.25) is 9.59 Å². The predicted octanol–water partition coefficient (Wildman–Crippen LogP) is 1.33. The maximum atomic E-state index is 13.1. The lowest BCUT2D eigenvalue weighted by Crippen LogP contribution is -2.67. The smallest absolute Gasteiger partial charge is 0.349 e. The number of aliphatic hydroxyl groups excluding tert-OH is 4. The summed E-state index contributed by atoms with van der Waals surface area (Å²) in [6, 6.07) is 23.1. The molecule has 240 valence electrons. The molecule has 0 bridgehead atoms. The molecule has 12 heteroatoms. The fourth-order valence-corrected chi connectivity index (χ4v) is 6.33. The van der Waals surface area contributed by atoms with Crippen LogP contribution in [0, 0.1) is 6.92 Å². The fraction of sp³-hybridized carbons (Fsp3) is 0.364. The van der Waals surface area contributed by atoms with Crippen LogP contribution >= 0.6 is 11.8 Å². The molecule has 0 unspecified atom stereocenters. The summed E-state index contributed by atoms with van der Waals surface area (Å²) in [6.07, 6.45) is -6.74. The van der Waals surface area contributed by atoms with E-state index < -0.39 is 66.3 Å². The van der Waals surface area contributed by atoms with Crippen molar-refractivity contribution in [1.29, 1.82) is 0 Å². The lowest BCUT2D eigenvalue weighted by Gasteiger charge is -2.47. The second-order valence-corrected chi connectivity index (χ2v) is 12.2. The average Bonchev–Trinajstić information content (AvgIpc) is 3.05. The van der Waals surface area contributed by atoms with Gasteiger partial charge in [-0.15, -0.1) is 0 Å². The molecule has 2 amide bonds. The summed E-state index contributed by atoms with van der Waals surface area (Å²) in [5, 5.41) is 47.6. The van der Waals surface area contributed by atoms with Crippen molar-refractivity contribution >= 4 is 29.5 Å². The highest BCUT2D eigenvalue weighted by Crippen LogP contribution is 2.44. The largest absolute Gasteiger partial charge is 0.466 e. The van der Waals surface area contributed by atoms with Gasteiger partial charge in [0.05, 0.1) is 31.8 Å². The Bertz CT molecular complexity index is 1440. The molecule has 6 N–H and O–H groups in total. The van der Waals surface area contributed by atoms with Crippen LogP contribution < -0.4 is 10.6 Å². The van der Waals surface area contributed by atoms with Gasteiger partial charge in [0, 0.05) is 17.9 Å². The highest BCUT2D eigenvalue weighted by atomic mass is 32.2. The van der Waals surface area contributed by atoms with Crippen LogP contribution in [0.5, 0.6) is 0 Å².